The number of nitrogens with one attached hydrogen (secondary N) is 1. The van der Waals surface area contributed by atoms with Crippen molar-refractivity contribution in [1.29, 1.82) is 0 Å². The van der Waals surface area contributed by atoms with Crippen molar-refractivity contribution in [1.82, 2.24) is 5.32 Å². The SMILES string of the molecule is CCC(CCCO)C1CCCCN1. The van der Waals surface area contributed by atoms with Gasteiger partial charge in [-0.25, -0.2) is 0 Å². The third kappa shape index (κ3) is 3.65. The van der Waals surface area contributed by atoms with Gasteiger partial charge >= 0.3 is 0 Å². The highest BCUT2D eigenvalue weighted by Crippen LogP contribution is 2.22. The van der Waals surface area contributed by atoms with Crippen LogP contribution in [-0.4, -0.2) is 24.3 Å². The fraction of sp³-hybridized carbons (Fsp3) is 1.00. The van der Waals surface area contributed by atoms with Gasteiger partial charge in [-0.2, -0.15) is 0 Å². The van der Waals surface area contributed by atoms with Crippen molar-refractivity contribution in [3.8, 4) is 0 Å². The van der Waals surface area contributed by atoms with Crippen LogP contribution in [0.2, 0.25) is 0 Å². The normalized spacial score (nSPS) is 25.8. The van der Waals surface area contributed by atoms with Crippen LogP contribution in [0.4, 0.5) is 0 Å². The van der Waals surface area contributed by atoms with Crippen molar-refractivity contribution in [3.05, 3.63) is 0 Å². The number of aliphatic hydroxyl groups is 1. The van der Waals surface area contributed by atoms with E-state index in [1.807, 2.05) is 0 Å². The van der Waals surface area contributed by atoms with Crippen LogP contribution in [-0.2, 0) is 0 Å². The van der Waals surface area contributed by atoms with Crippen molar-refractivity contribution in [2.75, 3.05) is 13.2 Å². The van der Waals surface area contributed by atoms with E-state index >= 15 is 0 Å². The summed E-state index contributed by atoms with van der Waals surface area (Å²) in [5, 5.41) is 12.4. The van der Waals surface area contributed by atoms with E-state index in [1.165, 1.54) is 38.6 Å². The highest BCUT2D eigenvalue weighted by atomic mass is 16.2. The van der Waals surface area contributed by atoms with Crippen LogP contribution >= 0.6 is 0 Å². The summed E-state index contributed by atoms with van der Waals surface area (Å²) in [5.74, 6) is 0.785. The Labute approximate surface area is 81.7 Å². The zero-order valence-corrected chi connectivity index (χ0v) is 8.76. The predicted octanol–water partition coefficient (Wildman–Crippen LogP) is 1.93. The first-order valence-corrected chi connectivity index (χ1v) is 5.72. The number of aliphatic hydroxyl groups excluding tert-OH is 1. The van der Waals surface area contributed by atoms with Crippen LogP contribution in [0.15, 0.2) is 0 Å². The Balaban J connectivity index is 2.26. The summed E-state index contributed by atoms with van der Waals surface area (Å²) in [7, 11) is 0. The monoisotopic (exact) mass is 185 g/mol. The fourth-order valence-electron chi connectivity index (χ4n) is 2.32. The first kappa shape index (κ1) is 11.0. The van der Waals surface area contributed by atoms with E-state index in [-0.39, 0.29) is 0 Å². The molecule has 0 aromatic rings. The van der Waals surface area contributed by atoms with Gasteiger partial charge in [0.1, 0.15) is 0 Å². The first-order valence-electron chi connectivity index (χ1n) is 5.72. The predicted molar refractivity (Wildman–Crippen MR) is 55.7 cm³/mol. The molecule has 1 rings (SSSR count). The van der Waals surface area contributed by atoms with Gasteiger partial charge in [0.25, 0.3) is 0 Å². The summed E-state index contributed by atoms with van der Waals surface area (Å²) in [5.41, 5.74) is 0. The van der Waals surface area contributed by atoms with Crippen molar-refractivity contribution in [3.63, 3.8) is 0 Å². The Morgan fingerprint density at radius 1 is 1.46 bits per heavy atom. The van der Waals surface area contributed by atoms with Gasteiger partial charge < -0.3 is 10.4 Å². The molecule has 0 aromatic carbocycles. The Bertz CT molecular complexity index is 121. The molecule has 0 bridgehead atoms. The molecule has 1 fully saturated rings. The van der Waals surface area contributed by atoms with Gasteiger partial charge in [0.2, 0.25) is 0 Å². The quantitative estimate of drug-likeness (QED) is 0.686. The molecular weight excluding hydrogens is 162 g/mol. The molecular formula is C11H23NO. The molecule has 1 heterocycles. The second-order valence-electron chi connectivity index (χ2n) is 4.09. The summed E-state index contributed by atoms with van der Waals surface area (Å²) >= 11 is 0. The maximum Gasteiger partial charge on any atom is 0.0431 e. The Morgan fingerprint density at radius 3 is 2.85 bits per heavy atom. The standard InChI is InChI=1S/C11H23NO/c1-2-10(6-5-9-13)11-7-3-4-8-12-11/h10-13H,2-9H2,1H3. The second kappa shape index (κ2) is 6.39. The molecule has 1 aliphatic rings. The van der Waals surface area contributed by atoms with E-state index in [1.54, 1.807) is 0 Å². The molecule has 2 nitrogen and oxygen atoms in total. The molecule has 0 radical (unpaired) electrons. The van der Waals surface area contributed by atoms with Gasteiger partial charge in [0.05, 0.1) is 0 Å². The Hall–Kier alpha value is -0.0800. The molecule has 2 N–H and O–H groups in total. The van der Waals surface area contributed by atoms with Gasteiger partial charge in [0.15, 0.2) is 0 Å². The highest BCUT2D eigenvalue weighted by Gasteiger charge is 2.20. The van der Waals surface area contributed by atoms with Crippen molar-refractivity contribution >= 4 is 0 Å². The maximum absolute atomic E-state index is 8.79. The molecule has 0 aliphatic carbocycles. The summed E-state index contributed by atoms with van der Waals surface area (Å²) in [6, 6.07) is 0.727. The van der Waals surface area contributed by atoms with Gasteiger partial charge in [-0.15, -0.1) is 0 Å². The summed E-state index contributed by atoms with van der Waals surface area (Å²) < 4.78 is 0. The molecule has 0 saturated carbocycles. The van der Waals surface area contributed by atoms with E-state index in [2.05, 4.69) is 12.2 Å². The summed E-state index contributed by atoms with van der Waals surface area (Å²) in [6.45, 7) is 3.81. The molecule has 13 heavy (non-hydrogen) atoms. The third-order valence-corrected chi connectivity index (χ3v) is 3.17. The molecule has 78 valence electrons. The van der Waals surface area contributed by atoms with Gasteiger partial charge in [-0.05, 0) is 38.1 Å². The number of hydrogen-bond acceptors (Lipinski definition) is 2. The lowest BCUT2D eigenvalue weighted by Crippen LogP contribution is -2.39. The zero-order valence-electron chi connectivity index (χ0n) is 8.76. The number of hydrogen-bond donors (Lipinski definition) is 2. The molecule has 2 unspecified atom stereocenters. The van der Waals surface area contributed by atoms with Crippen LogP contribution < -0.4 is 5.32 Å². The van der Waals surface area contributed by atoms with Crippen molar-refractivity contribution in [2.45, 2.75) is 51.5 Å². The molecule has 2 heteroatoms. The van der Waals surface area contributed by atoms with Crippen LogP contribution in [0.25, 0.3) is 0 Å². The molecule has 1 aliphatic heterocycles. The average molecular weight is 185 g/mol. The van der Waals surface area contributed by atoms with E-state index in [0.717, 1.165) is 18.4 Å². The maximum atomic E-state index is 8.79. The first-order chi connectivity index (χ1) is 6.38. The lowest BCUT2D eigenvalue weighted by molar-refractivity contribution is 0.233. The van der Waals surface area contributed by atoms with E-state index < -0.39 is 0 Å². The largest absolute Gasteiger partial charge is 0.396 e. The van der Waals surface area contributed by atoms with Crippen LogP contribution in [0.5, 0.6) is 0 Å². The van der Waals surface area contributed by atoms with Crippen molar-refractivity contribution in [2.24, 2.45) is 5.92 Å². The smallest absolute Gasteiger partial charge is 0.0431 e. The van der Waals surface area contributed by atoms with Crippen LogP contribution in [0.3, 0.4) is 0 Å². The minimum atomic E-state index is 0.350. The van der Waals surface area contributed by atoms with E-state index in [9.17, 15) is 0 Å². The average Bonchev–Trinajstić information content (AvgIpc) is 2.21. The number of piperidine rings is 1. The molecule has 0 aromatic heterocycles. The Kier molecular flexibility index (Phi) is 5.40. The minimum absolute atomic E-state index is 0.350. The Morgan fingerprint density at radius 2 is 2.31 bits per heavy atom. The fourth-order valence-corrected chi connectivity index (χ4v) is 2.32. The molecule has 1 saturated heterocycles. The highest BCUT2D eigenvalue weighted by molar-refractivity contribution is 4.78. The summed E-state index contributed by atoms with van der Waals surface area (Å²) in [6.07, 6.45) is 7.46. The molecule has 0 amide bonds. The van der Waals surface area contributed by atoms with E-state index in [0.29, 0.717) is 6.61 Å². The van der Waals surface area contributed by atoms with E-state index in [4.69, 9.17) is 5.11 Å². The summed E-state index contributed by atoms with van der Waals surface area (Å²) in [4.78, 5) is 0. The molecule has 0 spiro atoms. The van der Waals surface area contributed by atoms with Gasteiger partial charge in [-0.3, -0.25) is 0 Å². The van der Waals surface area contributed by atoms with Gasteiger partial charge in [0, 0.05) is 12.6 Å². The molecule has 2 atom stereocenters. The van der Waals surface area contributed by atoms with Gasteiger partial charge in [-0.1, -0.05) is 19.8 Å². The number of rotatable bonds is 5. The lowest BCUT2D eigenvalue weighted by Gasteiger charge is -2.30. The zero-order chi connectivity index (χ0) is 9.52. The van der Waals surface area contributed by atoms with Crippen LogP contribution in [0, 0.1) is 5.92 Å². The lowest BCUT2D eigenvalue weighted by atomic mass is 9.87. The van der Waals surface area contributed by atoms with Crippen LogP contribution in [0.1, 0.15) is 45.4 Å². The third-order valence-electron chi connectivity index (χ3n) is 3.17. The van der Waals surface area contributed by atoms with Crippen molar-refractivity contribution < 1.29 is 5.11 Å². The topological polar surface area (TPSA) is 32.3 Å². The minimum Gasteiger partial charge on any atom is -0.396 e. The second-order valence-corrected chi connectivity index (χ2v) is 4.09.